The van der Waals surface area contributed by atoms with Gasteiger partial charge < -0.3 is 14.7 Å². The predicted molar refractivity (Wildman–Crippen MR) is 126 cm³/mol. The number of likely N-dealkylation sites (tertiary alicyclic amines) is 2. The minimum Gasteiger partial charge on any atom is -0.355 e. The van der Waals surface area contributed by atoms with Crippen LogP contribution in [0.25, 0.3) is 0 Å². The zero-order chi connectivity index (χ0) is 22.2. The molecule has 1 aromatic carbocycles. The Labute approximate surface area is 193 Å². The molecular weight excluding hydrogens is 396 g/mol. The summed E-state index contributed by atoms with van der Waals surface area (Å²) < 4.78 is 0. The van der Waals surface area contributed by atoms with E-state index in [0.29, 0.717) is 6.04 Å². The lowest BCUT2D eigenvalue weighted by Crippen LogP contribution is -2.44. The maximum absolute atomic E-state index is 9.66. The molecule has 3 heterocycles. The molecule has 0 amide bonds. The number of hydrogen-bond acceptors (Lipinski definition) is 6. The monoisotopic (exact) mass is 432 g/mol. The summed E-state index contributed by atoms with van der Waals surface area (Å²) in [5.74, 6) is 0.898. The SMILES string of the molecule is N#CC(C#N)=C1N(CCCN2CCCCC2)CCN1C1CCN(Cc2ccccc2)CC1. The van der Waals surface area contributed by atoms with Gasteiger partial charge in [-0.1, -0.05) is 36.8 Å². The van der Waals surface area contributed by atoms with Crippen LogP contribution in [0.15, 0.2) is 41.7 Å². The second kappa shape index (κ2) is 11.4. The fourth-order valence-electron chi connectivity index (χ4n) is 5.52. The summed E-state index contributed by atoms with van der Waals surface area (Å²) in [6.45, 7) is 9.47. The molecular formula is C26H36N6. The summed E-state index contributed by atoms with van der Waals surface area (Å²) in [5.41, 5.74) is 1.65. The summed E-state index contributed by atoms with van der Waals surface area (Å²) in [5, 5.41) is 19.3. The summed E-state index contributed by atoms with van der Waals surface area (Å²) >= 11 is 0. The molecule has 0 bridgehead atoms. The summed E-state index contributed by atoms with van der Waals surface area (Å²) in [4.78, 5) is 9.78. The minimum absolute atomic E-state index is 0.284. The van der Waals surface area contributed by atoms with Crippen LogP contribution in [0.3, 0.4) is 0 Å². The molecule has 4 rings (SSSR count). The molecule has 0 spiro atoms. The van der Waals surface area contributed by atoms with Crippen molar-refractivity contribution in [3.05, 3.63) is 47.3 Å². The lowest BCUT2D eigenvalue weighted by atomic mass is 10.0. The van der Waals surface area contributed by atoms with Gasteiger partial charge in [-0.15, -0.1) is 0 Å². The maximum atomic E-state index is 9.66. The van der Waals surface area contributed by atoms with E-state index in [1.807, 2.05) is 0 Å². The fourth-order valence-corrected chi connectivity index (χ4v) is 5.52. The summed E-state index contributed by atoms with van der Waals surface area (Å²) in [6, 6.07) is 15.5. The Morgan fingerprint density at radius 3 is 2.22 bits per heavy atom. The molecule has 32 heavy (non-hydrogen) atoms. The van der Waals surface area contributed by atoms with Gasteiger partial charge in [-0.2, -0.15) is 10.5 Å². The van der Waals surface area contributed by atoms with E-state index in [0.717, 1.165) is 70.9 Å². The lowest BCUT2D eigenvalue weighted by Gasteiger charge is -2.38. The molecule has 3 aliphatic heterocycles. The standard InChI is InChI=1S/C26H36N6/c27-20-24(21-28)26-31(15-7-14-29-12-5-2-6-13-29)18-19-32(26)25-10-16-30(17-11-25)22-23-8-3-1-4-9-23/h1,3-4,8-9,25H,2,5-7,10-19,22H2. The second-order valence-electron chi connectivity index (χ2n) is 9.35. The molecule has 170 valence electrons. The van der Waals surface area contributed by atoms with Crippen molar-refractivity contribution in [2.24, 2.45) is 0 Å². The topological polar surface area (TPSA) is 60.5 Å². The third kappa shape index (κ3) is 5.63. The highest BCUT2D eigenvalue weighted by molar-refractivity contribution is 5.40. The average molecular weight is 433 g/mol. The second-order valence-corrected chi connectivity index (χ2v) is 9.35. The normalized spacial score (nSPS) is 20.9. The minimum atomic E-state index is 0.284. The van der Waals surface area contributed by atoms with E-state index in [1.165, 1.54) is 37.9 Å². The number of allylic oxidation sites excluding steroid dienone is 1. The highest BCUT2D eigenvalue weighted by atomic mass is 15.4. The number of benzene rings is 1. The van der Waals surface area contributed by atoms with Gasteiger partial charge in [0.2, 0.25) is 0 Å². The van der Waals surface area contributed by atoms with Gasteiger partial charge in [-0.05, 0) is 57.3 Å². The molecule has 0 unspecified atom stereocenters. The molecule has 0 radical (unpaired) electrons. The first-order chi connectivity index (χ1) is 15.8. The molecule has 0 saturated carbocycles. The van der Waals surface area contributed by atoms with Crippen LogP contribution < -0.4 is 0 Å². The zero-order valence-corrected chi connectivity index (χ0v) is 19.3. The van der Waals surface area contributed by atoms with E-state index < -0.39 is 0 Å². The molecule has 3 fully saturated rings. The van der Waals surface area contributed by atoms with Crippen LogP contribution in [0.5, 0.6) is 0 Å². The van der Waals surface area contributed by atoms with Crippen molar-refractivity contribution in [1.29, 1.82) is 10.5 Å². The van der Waals surface area contributed by atoms with Crippen molar-refractivity contribution >= 4 is 0 Å². The van der Waals surface area contributed by atoms with Crippen LogP contribution in [-0.2, 0) is 6.54 Å². The molecule has 6 nitrogen and oxygen atoms in total. The molecule has 3 saturated heterocycles. The van der Waals surface area contributed by atoms with Crippen LogP contribution >= 0.6 is 0 Å². The van der Waals surface area contributed by atoms with Gasteiger partial charge in [0.1, 0.15) is 18.0 Å². The first kappa shape index (κ1) is 22.6. The zero-order valence-electron chi connectivity index (χ0n) is 19.3. The van der Waals surface area contributed by atoms with Crippen molar-refractivity contribution in [2.75, 3.05) is 52.4 Å². The van der Waals surface area contributed by atoms with E-state index >= 15 is 0 Å². The van der Waals surface area contributed by atoms with Gasteiger partial charge in [-0.25, -0.2) is 0 Å². The Bertz CT molecular complexity index is 821. The maximum Gasteiger partial charge on any atom is 0.169 e. The highest BCUT2D eigenvalue weighted by Crippen LogP contribution is 2.29. The van der Waals surface area contributed by atoms with Crippen molar-refractivity contribution in [1.82, 2.24) is 19.6 Å². The van der Waals surface area contributed by atoms with E-state index in [-0.39, 0.29) is 5.57 Å². The van der Waals surface area contributed by atoms with Crippen LogP contribution in [0.4, 0.5) is 0 Å². The van der Waals surface area contributed by atoms with Gasteiger partial charge in [0.05, 0.1) is 0 Å². The number of nitriles is 2. The number of rotatable bonds is 7. The van der Waals surface area contributed by atoms with Crippen molar-refractivity contribution in [2.45, 2.75) is 51.1 Å². The third-order valence-corrected chi connectivity index (χ3v) is 7.23. The van der Waals surface area contributed by atoms with Crippen molar-refractivity contribution in [3.8, 4) is 12.1 Å². The molecule has 6 heteroatoms. The van der Waals surface area contributed by atoms with E-state index in [2.05, 4.69) is 62.1 Å². The van der Waals surface area contributed by atoms with Crippen molar-refractivity contribution in [3.63, 3.8) is 0 Å². The first-order valence-electron chi connectivity index (χ1n) is 12.3. The molecule has 0 N–H and O–H groups in total. The highest BCUT2D eigenvalue weighted by Gasteiger charge is 2.34. The molecule has 0 aromatic heterocycles. The smallest absolute Gasteiger partial charge is 0.169 e. The van der Waals surface area contributed by atoms with Gasteiger partial charge >= 0.3 is 0 Å². The van der Waals surface area contributed by atoms with Gasteiger partial charge in [0.15, 0.2) is 5.57 Å². The van der Waals surface area contributed by atoms with E-state index in [4.69, 9.17) is 0 Å². The Morgan fingerprint density at radius 1 is 0.812 bits per heavy atom. The van der Waals surface area contributed by atoms with Gasteiger partial charge in [0.25, 0.3) is 0 Å². The number of piperidine rings is 2. The quantitative estimate of drug-likeness (QED) is 0.616. The number of nitrogens with zero attached hydrogens (tertiary/aromatic N) is 6. The molecule has 3 aliphatic rings. The largest absolute Gasteiger partial charge is 0.355 e. The third-order valence-electron chi connectivity index (χ3n) is 7.23. The summed E-state index contributed by atoms with van der Waals surface area (Å²) in [7, 11) is 0. The van der Waals surface area contributed by atoms with Crippen molar-refractivity contribution < 1.29 is 0 Å². The van der Waals surface area contributed by atoms with Crippen LogP contribution in [0.1, 0.15) is 44.1 Å². The van der Waals surface area contributed by atoms with Gasteiger partial charge in [0, 0.05) is 45.3 Å². The van der Waals surface area contributed by atoms with E-state index in [1.54, 1.807) is 0 Å². The Balaban J connectivity index is 1.34. The fraction of sp³-hybridized carbons (Fsp3) is 0.615. The average Bonchev–Trinajstić information content (AvgIpc) is 3.25. The van der Waals surface area contributed by atoms with Crippen LogP contribution in [0, 0.1) is 22.7 Å². The Hall–Kier alpha value is -2.54. The lowest BCUT2D eigenvalue weighted by molar-refractivity contribution is 0.133. The molecule has 0 atom stereocenters. The predicted octanol–water partition coefficient (Wildman–Crippen LogP) is 3.40. The van der Waals surface area contributed by atoms with Gasteiger partial charge in [-0.3, -0.25) is 4.90 Å². The first-order valence-corrected chi connectivity index (χ1v) is 12.3. The van der Waals surface area contributed by atoms with E-state index in [9.17, 15) is 10.5 Å². The summed E-state index contributed by atoms with van der Waals surface area (Å²) in [6.07, 6.45) is 7.26. The molecule has 1 aromatic rings. The van der Waals surface area contributed by atoms with Crippen LogP contribution in [0.2, 0.25) is 0 Å². The molecule has 0 aliphatic carbocycles. The van der Waals surface area contributed by atoms with Crippen LogP contribution in [-0.4, -0.2) is 78.0 Å². The Kier molecular flexibility index (Phi) is 8.04. The number of hydrogen-bond donors (Lipinski definition) is 0. The Morgan fingerprint density at radius 2 is 1.53 bits per heavy atom.